The summed E-state index contributed by atoms with van der Waals surface area (Å²) >= 11 is 0. The molecule has 0 fully saturated rings. The van der Waals surface area contributed by atoms with E-state index in [1.165, 1.54) is 5.56 Å². The average molecular weight is 209 g/mol. The van der Waals surface area contributed by atoms with Crippen molar-refractivity contribution in [3.05, 3.63) is 35.9 Å². The van der Waals surface area contributed by atoms with Gasteiger partial charge in [0.2, 0.25) is 0 Å². The molecular formula is C12H19NO2. The summed E-state index contributed by atoms with van der Waals surface area (Å²) in [5.74, 6) is 0. The van der Waals surface area contributed by atoms with E-state index in [1.54, 1.807) is 7.11 Å². The molecule has 0 amide bonds. The van der Waals surface area contributed by atoms with Gasteiger partial charge in [-0.05, 0) is 18.9 Å². The largest absolute Gasteiger partial charge is 0.382 e. The van der Waals surface area contributed by atoms with Crippen molar-refractivity contribution in [3.8, 4) is 0 Å². The third kappa shape index (κ3) is 5.52. The first-order chi connectivity index (χ1) is 7.33. The summed E-state index contributed by atoms with van der Waals surface area (Å²) in [7, 11) is 1.66. The lowest BCUT2D eigenvalue weighted by Gasteiger charge is -2.13. The minimum Gasteiger partial charge on any atom is -0.382 e. The molecule has 15 heavy (non-hydrogen) atoms. The molecule has 1 unspecified atom stereocenters. The number of hydrogen-bond donors (Lipinski definition) is 1. The van der Waals surface area contributed by atoms with E-state index >= 15 is 0 Å². The van der Waals surface area contributed by atoms with Crippen LogP contribution in [-0.2, 0) is 16.0 Å². The fourth-order valence-corrected chi connectivity index (χ4v) is 1.34. The number of methoxy groups -OCH3 is 1. The molecule has 0 spiro atoms. The second kappa shape index (κ2) is 7.40. The Morgan fingerprint density at radius 1 is 1.20 bits per heavy atom. The van der Waals surface area contributed by atoms with E-state index in [2.05, 4.69) is 24.5 Å². The number of rotatable bonds is 7. The van der Waals surface area contributed by atoms with Gasteiger partial charge in [0.15, 0.2) is 0 Å². The van der Waals surface area contributed by atoms with E-state index in [4.69, 9.17) is 9.57 Å². The van der Waals surface area contributed by atoms with Gasteiger partial charge in [-0.15, -0.1) is 0 Å². The second-order valence-electron chi connectivity index (χ2n) is 3.55. The average Bonchev–Trinajstić information content (AvgIpc) is 2.26. The van der Waals surface area contributed by atoms with Gasteiger partial charge < -0.3 is 4.74 Å². The summed E-state index contributed by atoms with van der Waals surface area (Å²) in [6.07, 6.45) is 0.966. The molecule has 0 aliphatic rings. The van der Waals surface area contributed by atoms with Crippen molar-refractivity contribution in [1.29, 1.82) is 0 Å². The van der Waals surface area contributed by atoms with Gasteiger partial charge in [0.1, 0.15) is 0 Å². The van der Waals surface area contributed by atoms with Gasteiger partial charge in [-0.1, -0.05) is 30.3 Å². The Hall–Kier alpha value is -0.900. The number of benzene rings is 1. The van der Waals surface area contributed by atoms with Crippen molar-refractivity contribution in [2.45, 2.75) is 19.4 Å². The van der Waals surface area contributed by atoms with Crippen LogP contribution in [0, 0.1) is 0 Å². The van der Waals surface area contributed by atoms with Crippen LogP contribution in [-0.4, -0.2) is 26.4 Å². The van der Waals surface area contributed by atoms with Crippen LogP contribution in [0.3, 0.4) is 0 Å². The van der Waals surface area contributed by atoms with Gasteiger partial charge in [0.05, 0.1) is 13.2 Å². The molecule has 3 nitrogen and oxygen atoms in total. The molecule has 1 N–H and O–H groups in total. The molecule has 3 heteroatoms. The Bertz CT molecular complexity index is 251. The Morgan fingerprint density at radius 2 is 1.93 bits per heavy atom. The van der Waals surface area contributed by atoms with E-state index in [1.807, 2.05) is 18.2 Å². The van der Waals surface area contributed by atoms with E-state index < -0.39 is 0 Å². The molecule has 0 heterocycles. The van der Waals surface area contributed by atoms with Crippen molar-refractivity contribution < 1.29 is 9.57 Å². The van der Waals surface area contributed by atoms with Gasteiger partial charge in [-0.2, -0.15) is 5.48 Å². The standard InChI is InChI=1S/C12H19NO2/c1-11(13-15-9-8-14-2)10-12-6-4-3-5-7-12/h3-7,11,13H,8-10H2,1-2H3. The molecule has 1 rings (SSSR count). The molecule has 1 aromatic rings. The second-order valence-corrected chi connectivity index (χ2v) is 3.55. The van der Waals surface area contributed by atoms with Crippen LogP contribution in [0.15, 0.2) is 30.3 Å². The van der Waals surface area contributed by atoms with Crippen LogP contribution in [0.25, 0.3) is 0 Å². The van der Waals surface area contributed by atoms with E-state index in [0.29, 0.717) is 19.3 Å². The fraction of sp³-hybridized carbons (Fsp3) is 0.500. The lowest BCUT2D eigenvalue weighted by molar-refractivity contribution is -0.00863. The zero-order valence-corrected chi connectivity index (χ0v) is 9.40. The SMILES string of the molecule is COCCONC(C)Cc1ccccc1. The smallest absolute Gasteiger partial charge is 0.0915 e. The topological polar surface area (TPSA) is 30.5 Å². The quantitative estimate of drug-likeness (QED) is 0.548. The normalized spacial score (nSPS) is 12.7. The Morgan fingerprint density at radius 3 is 2.60 bits per heavy atom. The predicted molar refractivity (Wildman–Crippen MR) is 60.6 cm³/mol. The summed E-state index contributed by atoms with van der Waals surface area (Å²) in [5.41, 5.74) is 4.30. The van der Waals surface area contributed by atoms with Crippen LogP contribution in [0.2, 0.25) is 0 Å². The van der Waals surface area contributed by atoms with Gasteiger partial charge >= 0.3 is 0 Å². The van der Waals surface area contributed by atoms with Crippen molar-refractivity contribution in [1.82, 2.24) is 5.48 Å². The van der Waals surface area contributed by atoms with Crippen molar-refractivity contribution >= 4 is 0 Å². The van der Waals surface area contributed by atoms with Crippen molar-refractivity contribution in [2.75, 3.05) is 20.3 Å². The highest BCUT2D eigenvalue weighted by Crippen LogP contribution is 2.02. The van der Waals surface area contributed by atoms with Crippen LogP contribution in [0.4, 0.5) is 0 Å². The molecule has 0 saturated carbocycles. The number of hydrogen-bond acceptors (Lipinski definition) is 3. The van der Waals surface area contributed by atoms with Gasteiger partial charge in [-0.25, -0.2) is 0 Å². The molecule has 0 aliphatic carbocycles. The lowest BCUT2D eigenvalue weighted by Crippen LogP contribution is -2.29. The van der Waals surface area contributed by atoms with Crippen LogP contribution >= 0.6 is 0 Å². The molecular weight excluding hydrogens is 190 g/mol. The highest BCUT2D eigenvalue weighted by molar-refractivity contribution is 5.15. The summed E-state index contributed by atoms with van der Waals surface area (Å²) in [6, 6.07) is 10.7. The summed E-state index contributed by atoms with van der Waals surface area (Å²) in [5, 5.41) is 0. The minimum absolute atomic E-state index is 0.309. The first kappa shape index (κ1) is 12.2. The Kier molecular flexibility index (Phi) is 6.00. The molecule has 1 aromatic carbocycles. The van der Waals surface area contributed by atoms with Gasteiger partial charge in [0, 0.05) is 13.2 Å². The number of ether oxygens (including phenoxy) is 1. The summed E-state index contributed by atoms with van der Waals surface area (Å²) in [4.78, 5) is 5.23. The molecule has 0 bridgehead atoms. The molecule has 84 valence electrons. The van der Waals surface area contributed by atoms with Crippen LogP contribution in [0.5, 0.6) is 0 Å². The number of hydroxylamine groups is 1. The maximum Gasteiger partial charge on any atom is 0.0915 e. The molecule has 1 atom stereocenters. The molecule has 0 saturated heterocycles. The third-order valence-corrected chi connectivity index (χ3v) is 2.06. The van der Waals surface area contributed by atoms with Gasteiger partial charge in [-0.3, -0.25) is 4.84 Å². The van der Waals surface area contributed by atoms with E-state index in [9.17, 15) is 0 Å². The third-order valence-electron chi connectivity index (χ3n) is 2.06. The Labute approximate surface area is 91.4 Å². The molecule has 0 radical (unpaired) electrons. The molecule has 0 aromatic heterocycles. The zero-order chi connectivity index (χ0) is 10.9. The van der Waals surface area contributed by atoms with E-state index in [-0.39, 0.29) is 0 Å². The summed E-state index contributed by atoms with van der Waals surface area (Å²) in [6.45, 7) is 3.29. The van der Waals surface area contributed by atoms with Crippen LogP contribution < -0.4 is 5.48 Å². The van der Waals surface area contributed by atoms with Gasteiger partial charge in [0.25, 0.3) is 0 Å². The highest BCUT2D eigenvalue weighted by Gasteiger charge is 2.02. The van der Waals surface area contributed by atoms with Crippen molar-refractivity contribution in [3.63, 3.8) is 0 Å². The Balaban J connectivity index is 2.16. The fourth-order valence-electron chi connectivity index (χ4n) is 1.34. The first-order valence-electron chi connectivity index (χ1n) is 5.23. The molecule has 0 aliphatic heterocycles. The van der Waals surface area contributed by atoms with Crippen molar-refractivity contribution in [2.24, 2.45) is 0 Å². The number of nitrogens with one attached hydrogen (secondary N) is 1. The first-order valence-corrected chi connectivity index (χ1v) is 5.23. The zero-order valence-electron chi connectivity index (χ0n) is 9.40. The highest BCUT2D eigenvalue weighted by atomic mass is 16.7. The maximum absolute atomic E-state index is 5.23. The summed E-state index contributed by atoms with van der Waals surface area (Å²) < 4.78 is 4.88. The minimum atomic E-state index is 0.309. The lowest BCUT2D eigenvalue weighted by atomic mass is 10.1. The predicted octanol–water partition coefficient (Wildman–Crippen LogP) is 1.79. The van der Waals surface area contributed by atoms with E-state index in [0.717, 1.165) is 6.42 Å². The van der Waals surface area contributed by atoms with Crippen LogP contribution in [0.1, 0.15) is 12.5 Å². The maximum atomic E-state index is 5.23. The monoisotopic (exact) mass is 209 g/mol.